The minimum absolute atomic E-state index is 0.107. The van der Waals surface area contributed by atoms with Gasteiger partial charge in [-0.25, -0.2) is 9.78 Å². The number of nitrogens with zero attached hydrogens (tertiary/aromatic N) is 1. The second-order valence-electron chi connectivity index (χ2n) is 9.75. The highest BCUT2D eigenvalue weighted by molar-refractivity contribution is 5.88. The number of benzene rings is 2. The summed E-state index contributed by atoms with van der Waals surface area (Å²) in [6, 6.07) is 20.3. The molecule has 12 nitrogen and oxygen atoms in total. The van der Waals surface area contributed by atoms with E-state index in [0.29, 0.717) is 24.3 Å². The van der Waals surface area contributed by atoms with Gasteiger partial charge in [-0.05, 0) is 41.7 Å². The van der Waals surface area contributed by atoms with E-state index in [1.165, 1.54) is 0 Å². The topological polar surface area (TPSA) is 195 Å². The van der Waals surface area contributed by atoms with E-state index in [1.807, 2.05) is 48.5 Å². The molecule has 0 fully saturated rings. The van der Waals surface area contributed by atoms with Gasteiger partial charge in [0.15, 0.2) is 0 Å². The number of hydrogen-bond acceptors (Lipinski definition) is 7. The molecular formula is C31H33F3N4O8. The van der Waals surface area contributed by atoms with Crippen molar-refractivity contribution >= 4 is 35.5 Å². The molecule has 0 aliphatic heterocycles. The number of pyridine rings is 1. The Morgan fingerprint density at radius 1 is 0.761 bits per heavy atom. The zero-order valence-corrected chi connectivity index (χ0v) is 24.4. The SMILES string of the molecule is O=C(O)C(F)(F)F.O=C(O)CC[C@@H](NC(=O)CCCNc1ccccn1)C(=O)NC(CC(=O)O)c1ccc(-c2ccccc2)cc1. The first-order valence-electron chi connectivity index (χ1n) is 13.9. The van der Waals surface area contributed by atoms with Crippen LogP contribution in [0.15, 0.2) is 79.0 Å². The van der Waals surface area contributed by atoms with Gasteiger partial charge in [0.05, 0.1) is 12.5 Å². The first-order chi connectivity index (χ1) is 21.8. The number of anilines is 1. The lowest BCUT2D eigenvalue weighted by molar-refractivity contribution is -0.192. The van der Waals surface area contributed by atoms with Crippen LogP contribution in [0.5, 0.6) is 0 Å². The van der Waals surface area contributed by atoms with Gasteiger partial charge in [0.1, 0.15) is 11.9 Å². The van der Waals surface area contributed by atoms with Gasteiger partial charge in [-0.1, -0.05) is 60.7 Å². The maximum Gasteiger partial charge on any atom is 0.490 e. The second kappa shape index (κ2) is 18.4. The lowest BCUT2D eigenvalue weighted by atomic mass is 9.98. The number of nitrogens with one attached hydrogen (secondary N) is 3. The number of rotatable bonds is 15. The minimum atomic E-state index is -5.08. The van der Waals surface area contributed by atoms with E-state index in [-0.39, 0.29) is 25.7 Å². The second-order valence-corrected chi connectivity index (χ2v) is 9.75. The number of halogens is 3. The van der Waals surface area contributed by atoms with Crippen molar-refractivity contribution in [1.29, 1.82) is 0 Å². The number of aromatic nitrogens is 1. The molecule has 1 aromatic heterocycles. The fourth-order valence-corrected chi connectivity index (χ4v) is 3.97. The molecule has 3 aromatic rings. The van der Waals surface area contributed by atoms with Crippen molar-refractivity contribution in [2.24, 2.45) is 0 Å². The van der Waals surface area contributed by atoms with Gasteiger partial charge in [0.2, 0.25) is 11.8 Å². The summed E-state index contributed by atoms with van der Waals surface area (Å²) in [4.78, 5) is 61.4. The largest absolute Gasteiger partial charge is 0.490 e. The summed E-state index contributed by atoms with van der Waals surface area (Å²) in [5.74, 6) is -5.36. The highest BCUT2D eigenvalue weighted by Crippen LogP contribution is 2.24. The number of carboxylic acids is 3. The molecule has 0 radical (unpaired) electrons. The molecule has 6 N–H and O–H groups in total. The van der Waals surface area contributed by atoms with Gasteiger partial charge in [-0.2, -0.15) is 13.2 Å². The molecule has 1 heterocycles. The van der Waals surface area contributed by atoms with Gasteiger partial charge in [0, 0.05) is 25.6 Å². The Labute approximate surface area is 261 Å². The number of carboxylic acid groups (broad SMARTS) is 3. The third-order valence-corrected chi connectivity index (χ3v) is 6.21. The highest BCUT2D eigenvalue weighted by Gasteiger charge is 2.38. The standard InChI is InChI=1S/C29H32N4O6.C2HF3O2/c34-26(10-6-18-31-25-9-4-5-17-30-25)32-23(15-16-27(35)36)29(39)33-24(19-28(37)38)22-13-11-21(12-14-22)20-7-2-1-3-8-20;3-2(4,5)1(6)7/h1-5,7-9,11-14,17,23-24H,6,10,15-16,18-19H2,(H,30,31)(H,32,34)(H,33,39)(H,35,36)(H,37,38);(H,6,7)/t23-,24?;/m1./s1. The minimum Gasteiger partial charge on any atom is -0.481 e. The molecule has 1 unspecified atom stereocenters. The zero-order chi connectivity index (χ0) is 34.1. The van der Waals surface area contributed by atoms with E-state index in [2.05, 4.69) is 20.9 Å². The lowest BCUT2D eigenvalue weighted by Crippen LogP contribution is -2.48. The highest BCUT2D eigenvalue weighted by atomic mass is 19.4. The lowest BCUT2D eigenvalue weighted by Gasteiger charge is -2.23. The Hall–Kier alpha value is -5.47. The third kappa shape index (κ3) is 13.9. The smallest absolute Gasteiger partial charge is 0.481 e. The number of hydrogen-bond donors (Lipinski definition) is 6. The predicted octanol–water partition coefficient (Wildman–Crippen LogP) is 4.26. The van der Waals surface area contributed by atoms with Crippen LogP contribution >= 0.6 is 0 Å². The Kier molecular flexibility index (Phi) is 14.7. The molecule has 0 bridgehead atoms. The van der Waals surface area contributed by atoms with Crippen LogP contribution in [0.4, 0.5) is 19.0 Å². The van der Waals surface area contributed by atoms with Gasteiger partial charge in [-0.15, -0.1) is 0 Å². The van der Waals surface area contributed by atoms with Gasteiger partial charge < -0.3 is 31.3 Å². The third-order valence-electron chi connectivity index (χ3n) is 6.21. The first kappa shape index (κ1) is 36.7. The van der Waals surface area contributed by atoms with Crippen LogP contribution in [0.3, 0.4) is 0 Å². The molecule has 2 amide bonds. The van der Waals surface area contributed by atoms with Crippen molar-refractivity contribution in [2.45, 2.75) is 50.4 Å². The molecule has 46 heavy (non-hydrogen) atoms. The Bertz CT molecular complexity index is 1440. The summed E-state index contributed by atoms with van der Waals surface area (Å²) >= 11 is 0. The number of aliphatic carboxylic acids is 3. The fourth-order valence-electron chi connectivity index (χ4n) is 3.97. The van der Waals surface area contributed by atoms with Crippen LogP contribution in [0.25, 0.3) is 11.1 Å². The predicted molar refractivity (Wildman–Crippen MR) is 159 cm³/mol. The maximum absolute atomic E-state index is 13.1. The monoisotopic (exact) mass is 646 g/mol. The molecule has 0 aliphatic carbocycles. The van der Waals surface area contributed by atoms with Crippen molar-refractivity contribution in [3.8, 4) is 11.1 Å². The summed E-state index contributed by atoms with van der Waals surface area (Å²) in [5.41, 5.74) is 2.51. The molecule has 15 heteroatoms. The van der Waals surface area contributed by atoms with Crippen LogP contribution < -0.4 is 16.0 Å². The van der Waals surface area contributed by atoms with Crippen molar-refractivity contribution in [3.63, 3.8) is 0 Å². The molecule has 3 rings (SSSR count). The van der Waals surface area contributed by atoms with Crippen molar-refractivity contribution in [3.05, 3.63) is 84.6 Å². The van der Waals surface area contributed by atoms with Crippen LogP contribution in [0.2, 0.25) is 0 Å². The Morgan fingerprint density at radius 2 is 1.37 bits per heavy atom. The molecule has 0 spiro atoms. The van der Waals surface area contributed by atoms with E-state index < -0.39 is 48.0 Å². The maximum atomic E-state index is 13.1. The first-order valence-corrected chi connectivity index (χ1v) is 13.9. The fraction of sp³-hybridized carbons (Fsp3) is 0.290. The van der Waals surface area contributed by atoms with Crippen molar-refractivity contribution in [2.75, 3.05) is 11.9 Å². The molecule has 0 saturated carbocycles. The van der Waals surface area contributed by atoms with Crippen molar-refractivity contribution in [1.82, 2.24) is 15.6 Å². The normalized spacial score (nSPS) is 12.0. The van der Waals surface area contributed by atoms with E-state index in [1.54, 1.807) is 30.5 Å². The van der Waals surface area contributed by atoms with Crippen LogP contribution in [0.1, 0.15) is 43.7 Å². The summed E-state index contributed by atoms with van der Waals surface area (Å²) in [5, 5.41) is 34.1. The number of alkyl halides is 3. The van der Waals surface area contributed by atoms with E-state index in [4.69, 9.17) is 15.0 Å². The van der Waals surface area contributed by atoms with E-state index in [0.717, 1.165) is 11.1 Å². The van der Waals surface area contributed by atoms with Crippen LogP contribution in [-0.4, -0.2) is 68.8 Å². The van der Waals surface area contributed by atoms with Gasteiger partial charge in [0.25, 0.3) is 0 Å². The number of carbonyl (C=O) groups excluding carboxylic acids is 2. The van der Waals surface area contributed by atoms with Gasteiger partial charge >= 0.3 is 24.1 Å². The Balaban J connectivity index is 0.000000942. The average molecular weight is 647 g/mol. The summed E-state index contributed by atoms with van der Waals surface area (Å²) in [6.07, 6.45) is -3.72. The van der Waals surface area contributed by atoms with Crippen molar-refractivity contribution < 1.29 is 52.5 Å². The quantitative estimate of drug-likeness (QED) is 0.130. The number of carbonyl (C=O) groups is 5. The Morgan fingerprint density at radius 3 is 1.91 bits per heavy atom. The molecule has 246 valence electrons. The molecule has 0 aliphatic rings. The summed E-state index contributed by atoms with van der Waals surface area (Å²) in [7, 11) is 0. The molecular weight excluding hydrogens is 613 g/mol. The summed E-state index contributed by atoms with van der Waals surface area (Å²) < 4.78 is 31.7. The van der Waals surface area contributed by atoms with Gasteiger partial charge in [-0.3, -0.25) is 19.2 Å². The summed E-state index contributed by atoms with van der Waals surface area (Å²) in [6.45, 7) is 0.482. The average Bonchev–Trinajstić information content (AvgIpc) is 3.01. The molecule has 0 saturated heterocycles. The van der Waals surface area contributed by atoms with Crippen LogP contribution in [0, 0.1) is 0 Å². The number of amides is 2. The van der Waals surface area contributed by atoms with Crippen LogP contribution in [-0.2, 0) is 24.0 Å². The van der Waals surface area contributed by atoms with E-state index in [9.17, 15) is 37.5 Å². The molecule has 2 aromatic carbocycles. The zero-order valence-electron chi connectivity index (χ0n) is 24.4. The van der Waals surface area contributed by atoms with E-state index >= 15 is 0 Å². The molecule has 2 atom stereocenters.